The first-order chi connectivity index (χ1) is 9.82. The molecule has 0 aliphatic carbocycles. The SMILES string of the molecule is CNC(c1ccc(C(C)(C)C)cc1)c1nc(C(C)C)cs1. The minimum absolute atomic E-state index is 0.177. The largest absolute Gasteiger partial charge is 0.307 e. The summed E-state index contributed by atoms with van der Waals surface area (Å²) >= 11 is 1.74. The highest BCUT2D eigenvalue weighted by Gasteiger charge is 2.18. The summed E-state index contributed by atoms with van der Waals surface area (Å²) in [6.45, 7) is 11.1. The lowest BCUT2D eigenvalue weighted by Gasteiger charge is -2.20. The van der Waals surface area contributed by atoms with Gasteiger partial charge in [-0.25, -0.2) is 4.98 Å². The molecule has 2 nitrogen and oxygen atoms in total. The Morgan fingerprint density at radius 1 is 1.10 bits per heavy atom. The molecule has 2 aromatic rings. The number of hydrogen-bond acceptors (Lipinski definition) is 3. The molecule has 114 valence electrons. The number of nitrogens with one attached hydrogen (secondary N) is 1. The summed E-state index contributed by atoms with van der Waals surface area (Å²) in [6, 6.07) is 9.08. The molecule has 0 saturated carbocycles. The van der Waals surface area contributed by atoms with Gasteiger partial charge in [0.05, 0.1) is 11.7 Å². The molecule has 0 saturated heterocycles. The molecule has 0 radical (unpaired) electrons. The fraction of sp³-hybridized carbons (Fsp3) is 0.500. The van der Waals surface area contributed by atoms with Crippen LogP contribution in [0.15, 0.2) is 29.6 Å². The number of aromatic nitrogens is 1. The third-order valence-corrected chi connectivity index (χ3v) is 4.70. The van der Waals surface area contributed by atoms with E-state index < -0.39 is 0 Å². The highest BCUT2D eigenvalue weighted by Crippen LogP contribution is 2.29. The summed E-state index contributed by atoms with van der Waals surface area (Å²) in [5.41, 5.74) is 4.01. The van der Waals surface area contributed by atoms with E-state index in [1.807, 2.05) is 7.05 Å². The van der Waals surface area contributed by atoms with Gasteiger partial charge in [-0.15, -0.1) is 11.3 Å². The van der Waals surface area contributed by atoms with E-state index in [1.54, 1.807) is 11.3 Å². The molecule has 21 heavy (non-hydrogen) atoms. The molecule has 0 spiro atoms. The zero-order valence-electron chi connectivity index (χ0n) is 13.9. The summed E-state index contributed by atoms with van der Waals surface area (Å²) < 4.78 is 0. The molecule has 0 bridgehead atoms. The van der Waals surface area contributed by atoms with Gasteiger partial charge in [-0.3, -0.25) is 0 Å². The number of rotatable bonds is 4. The molecule has 3 heteroatoms. The van der Waals surface area contributed by atoms with Gasteiger partial charge in [-0.05, 0) is 29.5 Å². The number of nitrogens with zero attached hydrogens (tertiary/aromatic N) is 1. The van der Waals surface area contributed by atoms with Crippen molar-refractivity contribution in [1.29, 1.82) is 0 Å². The first-order valence-electron chi connectivity index (χ1n) is 7.56. The van der Waals surface area contributed by atoms with E-state index in [2.05, 4.69) is 69.6 Å². The molecule has 1 unspecified atom stereocenters. The van der Waals surface area contributed by atoms with Gasteiger partial charge in [0.15, 0.2) is 0 Å². The average molecular weight is 302 g/mol. The lowest BCUT2D eigenvalue weighted by atomic mass is 9.86. The first-order valence-corrected chi connectivity index (χ1v) is 8.44. The van der Waals surface area contributed by atoms with Gasteiger partial charge in [0, 0.05) is 5.38 Å². The lowest BCUT2D eigenvalue weighted by Crippen LogP contribution is -2.18. The minimum Gasteiger partial charge on any atom is -0.307 e. The van der Waals surface area contributed by atoms with Gasteiger partial charge in [-0.2, -0.15) is 0 Å². The Balaban J connectivity index is 2.28. The predicted octanol–water partition coefficient (Wildman–Crippen LogP) is 4.87. The van der Waals surface area contributed by atoms with E-state index in [0.717, 1.165) is 5.01 Å². The van der Waals surface area contributed by atoms with Crippen molar-refractivity contribution in [2.24, 2.45) is 0 Å². The van der Waals surface area contributed by atoms with Crippen molar-refractivity contribution in [2.75, 3.05) is 7.05 Å². The van der Waals surface area contributed by atoms with Crippen molar-refractivity contribution in [3.05, 3.63) is 51.5 Å². The molecule has 1 atom stereocenters. The van der Waals surface area contributed by atoms with Crippen molar-refractivity contribution in [1.82, 2.24) is 10.3 Å². The van der Waals surface area contributed by atoms with E-state index in [1.165, 1.54) is 16.8 Å². The van der Waals surface area contributed by atoms with Gasteiger partial charge < -0.3 is 5.32 Å². The molecule has 0 amide bonds. The second-order valence-electron chi connectivity index (χ2n) is 6.86. The second-order valence-corrected chi connectivity index (χ2v) is 7.75. The Morgan fingerprint density at radius 2 is 1.71 bits per heavy atom. The molecule has 1 heterocycles. The zero-order valence-corrected chi connectivity index (χ0v) is 14.7. The Morgan fingerprint density at radius 3 is 2.14 bits per heavy atom. The van der Waals surface area contributed by atoms with Gasteiger partial charge in [0.2, 0.25) is 0 Å². The molecule has 1 N–H and O–H groups in total. The quantitative estimate of drug-likeness (QED) is 0.871. The van der Waals surface area contributed by atoms with Crippen LogP contribution in [0, 0.1) is 0 Å². The van der Waals surface area contributed by atoms with Gasteiger partial charge >= 0.3 is 0 Å². The molecule has 0 aliphatic rings. The van der Waals surface area contributed by atoms with Crippen LogP contribution in [0.5, 0.6) is 0 Å². The maximum absolute atomic E-state index is 4.78. The topological polar surface area (TPSA) is 24.9 Å². The van der Waals surface area contributed by atoms with Crippen LogP contribution in [0.2, 0.25) is 0 Å². The van der Waals surface area contributed by atoms with Crippen molar-refractivity contribution in [3.8, 4) is 0 Å². The number of thiazole rings is 1. The van der Waals surface area contributed by atoms with Crippen molar-refractivity contribution < 1.29 is 0 Å². The maximum Gasteiger partial charge on any atom is 0.114 e. The Labute approximate surface area is 132 Å². The number of hydrogen-bond donors (Lipinski definition) is 1. The van der Waals surface area contributed by atoms with Crippen LogP contribution in [-0.4, -0.2) is 12.0 Å². The van der Waals surface area contributed by atoms with Crippen LogP contribution in [-0.2, 0) is 5.41 Å². The highest BCUT2D eigenvalue weighted by molar-refractivity contribution is 7.09. The predicted molar refractivity (Wildman–Crippen MR) is 92.2 cm³/mol. The highest BCUT2D eigenvalue weighted by atomic mass is 32.1. The molecule has 0 fully saturated rings. The van der Waals surface area contributed by atoms with Crippen LogP contribution in [0.25, 0.3) is 0 Å². The molecule has 1 aromatic heterocycles. The molecule has 1 aromatic carbocycles. The normalized spacial score (nSPS) is 13.7. The summed E-state index contributed by atoms with van der Waals surface area (Å²) in [5.74, 6) is 0.482. The fourth-order valence-electron chi connectivity index (χ4n) is 2.31. The maximum atomic E-state index is 4.78. The van der Waals surface area contributed by atoms with Crippen LogP contribution in [0.1, 0.15) is 68.4 Å². The summed E-state index contributed by atoms with van der Waals surface area (Å²) in [6.07, 6.45) is 0. The van der Waals surface area contributed by atoms with Crippen LogP contribution < -0.4 is 5.32 Å². The minimum atomic E-state index is 0.177. The van der Waals surface area contributed by atoms with Crippen LogP contribution >= 0.6 is 11.3 Å². The Kier molecular flexibility index (Phi) is 4.84. The summed E-state index contributed by atoms with van der Waals surface area (Å²) in [5, 5.41) is 6.71. The number of benzene rings is 1. The monoisotopic (exact) mass is 302 g/mol. The average Bonchev–Trinajstić information content (AvgIpc) is 2.89. The lowest BCUT2D eigenvalue weighted by molar-refractivity contribution is 0.589. The summed E-state index contributed by atoms with van der Waals surface area (Å²) in [7, 11) is 2.00. The Bertz CT molecular complexity index is 576. The van der Waals surface area contributed by atoms with E-state index in [0.29, 0.717) is 5.92 Å². The third-order valence-electron chi connectivity index (χ3n) is 3.78. The van der Waals surface area contributed by atoms with E-state index >= 15 is 0 Å². The van der Waals surface area contributed by atoms with E-state index in [-0.39, 0.29) is 11.5 Å². The molecular formula is C18H26N2S. The second kappa shape index (κ2) is 6.29. The fourth-order valence-corrected chi connectivity index (χ4v) is 3.42. The molecule has 2 rings (SSSR count). The summed E-state index contributed by atoms with van der Waals surface area (Å²) in [4.78, 5) is 4.78. The standard InChI is InChI=1S/C18H26N2S/c1-12(2)15-11-21-17(20-15)16(19-6)13-7-9-14(10-8-13)18(3,4)5/h7-12,16,19H,1-6H3. The van der Waals surface area contributed by atoms with Gasteiger partial charge in [-0.1, -0.05) is 58.9 Å². The van der Waals surface area contributed by atoms with Gasteiger partial charge in [0.25, 0.3) is 0 Å². The van der Waals surface area contributed by atoms with E-state index in [4.69, 9.17) is 4.98 Å². The van der Waals surface area contributed by atoms with Crippen LogP contribution in [0.3, 0.4) is 0 Å². The van der Waals surface area contributed by atoms with E-state index in [9.17, 15) is 0 Å². The Hall–Kier alpha value is -1.19. The molecule has 0 aliphatic heterocycles. The van der Waals surface area contributed by atoms with Crippen LogP contribution in [0.4, 0.5) is 0 Å². The zero-order chi connectivity index (χ0) is 15.6. The molecular weight excluding hydrogens is 276 g/mol. The van der Waals surface area contributed by atoms with Crippen molar-refractivity contribution in [3.63, 3.8) is 0 Å². The van der Waals surface area contributed by atoms with Crippen molar-refractivity contribution >= 4 is 11.3 Å². The third kappa shape index (κ3) is 3.72. The van der Waals surface area contributed by atoms with Gasteiger partial charge in [0.1, 0.15) is 5.01 Å². The van der Waals surface area contributed by atoms with Crippen molar-refractivity contribution in [2.45, 2.75) is 52.0 Å². The smallest absolute Gasteiger partial charge is 0.114 e. The first kappa shape index (κ1) is 16.2.